The maximum absolute atomic E-state index is 9.22. The topological polar surface area (TPSA) is 43.1 Å². The summed E-state index contributed by atoms with van der Waals surface area (Å²) in [5.41, 5.74) is 7.61. The molecule has 1 amide bonds. The predicted molar refractivity (Wildman–Crippen MR) is 53.3 cm³/mol. The zero-order chi connectivity index (χ0) is 9.68. The molecule has 2 N–H and O–H groups in total. The molecule has 0 spiro atoms. The third kappa shape index (κ3) is 3.28. The smallest absolute Gasteiger partial charge is 0.214 e. The zero-order valence-corrected chi connectivity index (χ0v) is 7.92. The zero-order valence-electron chi connectivity index (χ0n) is 7.92. The number of hydrogen-bond acceptors (Lipinski definition) is 1. The first-order chi connectivity index (χ1) is 6.20. The summed E-state index contributed by atoms with van der Waals surface area (Å²) in [5.74, 6) is -0.333. The van der Waals surface area contributed by atoms with Gasteiger partial charge in [0.05, 0.1) is 0 Å². The van der Waals surface area contributed by atoms with Gasteiger partial charge in [0.1, 0.15) is 0 Å². The second-order valence-corrected chi connectivity index (χ2v) is 3.23. The molecule has 0 atom stereocenters. The van der Waals surface area contributed by atoms with E-state index < -0.39 is 0 Å². The fraction of sp³-hybridized carbons (Fsp3) is 0.364. The SMILES string of the molecule is CC(N)=O.c1ccc2c(c1)CCC2. The van der Waals surface area contributed by atoms with Gasteiger partial charge in [0.2, 0.25) is 5.91 Å². The van der Waals surface area contributed by atoms with Gasteiger partial charge in [-0.25, -0.2) is 0 Å². The van der Waals surface area contributed by atoms with Gasteiger partial charge in [-0.1, -0.05) is 24.3 Å². The van der Waals surface area contributed by atoms with Crippen molar-refractivity contribution in [1.29, 1.82) is 0 Å². The molecule has 0 bridgehead atoms. The van der Waals surface area contributed by atoms with Crippen LogP contribution in [0.15, 0.2) is 24.3 Å². The number of hydrogen-bond donors (Lipinski definition) is 1. The van der Waals surface area contributed by atoms with Crippen molar-refractivity contribution in [2.45, 2.75) is 26.2 Å². The number of fused-ring (bicyclic) bond motifs is 1. The van der Waals surface area contributed by atoms with E-state index in [4.69, 9.17) is 0 Å². The maximum atomic E-state index is 9.22. The molecule has 0 aromatic heterocycles. The largest absolute Gasteiger partial charge is 0.370 e. The molecule has 0 unspecified atom stereocenters. The van der Waals surface area contributed by atoms with E-state index in [1.807, 2.05) is 0 Å². The van der Waals surface area contributed by atoms with Crippen molar-refractivity contribution in [2.24, 2.45) is 5.73 Å². The summed E-state index contributed by atoms with van der Waals surface area (Å²) in [6.45, 7) is 1.31. The number of rotatable bonds is 0. The highest BCUT2D eigenvalue weighted by Gasteiger charge is 2.07. The third-order valence-corrected chi connectivity index (χ3v) is 2.01. The molecule has 2 heteroatoms. The first kappa shape index (κ1) is 9.78. The first-order valence-electron chi connectivity index (χ1n) is 4.53. The lowest BCUT2D eigenvalue weighted by Gasteiger charge is -1.93. The van der Waals surface area contributed by atoms with E-state index in [1.54, 1.807) is 11.1 Å². The number of carbonyl (C=O) groups excluding carboxylic acids is 1. The van der Waals surface area contributed by atoms with Crippen LogP contribution in [0.5, 0.6) is 0 Å². The molecule has 2 nitrogen and oxygen atoms in total. The maximum Gasteiger partial charge on any atom is 0.214 e. The summed E-state index contributed by atoms with van der Waals surface area (Å²) in [6.07, 6.45) is 3.96. The van der Waals surface area contributed by atoms with E-state index >= 15 is 0 Å². The van der Waals surface area contributed by atoms with Crippen LogP contribution < -0.4 is 5.73 Å². The Morgan fingerprint density at radius 2 is 1.62 bits per heavy atom. The quantitative estimate of drug-likeness (QED) is 0.643. The van der Waals surface area contributed by atoms with Gasteiger partial charge in [0, 0.05) is 6.92 Å². The van der Waals surface area contributed by atoms with E-state index in [0.29, 0.717) is 0 Å². The Labute approximate surface area is 78.8 Å². The standard InChI is InChI=1S/C9H10.C2H5NO/c1-2-5-9-7-3-6-8(9)4-1;1-2(3)4/h1-2,4-5H,3,6-7H2;1H3,(H2,3,4). The molecule has 1 aromatic carbocycles. The van der Waals surface area contributed by atoms with Gasteiger partial charge >= 0.3 is 0 Å². The van der Waals surface area contributed by atoms with Crippen LogP contribution in [0.3, 0.4) is 0 Å². The summed E-state index contributed by atoms with van der Waals surface area (Å²) in [4.78, 5) is 9.22. The molecular formula is C11H15NO. The molecule has 1 aliphatic carbocycles. The van der Waals surface area contributed by atoms with Crippen LogP contribution in [0.2, 0.25) is 0 Å². The van der Waals surface area contributed by atoms with Crippen LogP contribution >= 0.6 is 0 Å². The van der Waals surface area contributed by atoms with Crippen molar-refractivity contribution in [2.75, 3.05) is 0 Å². The molecule has 0 heterocycles. The van der Waals surface area contributed by atoms with E-state index in [0.717, 1.165) is 0 Å². The summed E-state index contributed by atoms with van der Waals surface area (Å²) < 4.78 is 0. The molecule has 0 aliphatic heterocycles. The van der Waals surface area contributed by atoms with Crippen LogP contribution in [0.25, 0.3) is 0 Å². The predicted octanol–water partition coefficient (Wildman–Crippen LogP) is 1.67. The summed E-state index contributed by atoms with van der Waals surface area (Å²) in [7, 11) is 0. The van der Waals surface area contributed by atoms with Crippen molar-refractivity contribution in [1.82, 2.24) is 0 Å². The molecule has 0 saturated carbocycles. The van der Waals surface area contributed by atoms with Crippen molar-refractivity contribution in [3.8, 4) is 0 Å². The minimum Gasteiger partial charge on any atom is -0.370 e. The second kappa shape index (κ2) is 4.65. The summed E-state index contributed by atoms with van der Waals surface area (Å²) in [5, 5.41) is 0. The minimum atomic E-state index is -0.333. The number of benzene rings is 1. The monoisotopic (exact) mass is 177 g/mol. The van der Waals surface area contributed by atoms with E-state index in [1.165, 1.54) is 26.2 Å². The molecular weight excluding hydrogens is 162 g/mol. The van der Waals surface area contributed by atoms with Crippen molar-refractivity contribution in [3.63, 3.8) is 0 Å². The van der Waals surface area contributed by atoms with Gasteiger partial charge in [-0.05, 0) is 30.4 Å². The van der Waals surface area contributed by atoms with Gasteiger partial charge < -0.3 is 5.73 Å². The molecule has 1 aliphatic rings. The molecule has 70 valence electrons. The Balaban J connectivity index is 0.000000184. The molecule has 0 saturated heterocycles. The lowest BCUT2D eigenvalue weighted by atomic mass is 10.1. The van der Waals surface area contributed by atoms with Gasteiger partial charge in [0.25, 0.3) is 0 Å². The van der Waals surface area contributed by atoms with Crippen molar-refractivity contribution < 1.29 is 4.79 Å². The molecule has 2 rings (SSSR count). The number of primary amides is 1. The number of carbonyl (C=O) groups is 1. The Morgan fingerprint density at radius 1 is 1.23 bits per heavy atom. The number of amides is 1. The van der Waals surface area contributed by atoms with Crippen molar-refractivity contribution in [3.05, 3.63) is 35.4 Å². The average Bonchev–Trinajstić information content (AvgIpc) is 2.49. The van der Waals surface area contributed by atoms with Crippen molar-refractivity contribution >= 4 is 5.91 Å². The summed E-state index contributed by atoms with van der Waals surface area (Å²) in [6, 6.07) is 8.74. The van der Waals surface area contributed by atoms with E-state index in [9.17, 15) is 4.79 Å². The summed E-state index contributed by atoms with van der Waals surface area (Å²) >= 11 is 0. The average molecular weight is 177 g/mol. The number of nitrogens with two attached hydrogens (primary N) is 1. The normalized spacial score (nSPS) is 12.7. The van der Waals surface area contributed by atoms with E-state index in [-0.39, 0.29) is 5.91 Å². The van der Waals surface area contributed by atoms with Crippen LogP contribution in [-0.4, -0.2) is 5.91 Å². The Bertz CT molecular complexity index is 267. The lowest BCUT2D eigenvalue weighted by molar-refractivity contribution is -0.115. The highest BCUT2D eigenvalue weighted by atomic mass is 16.1. The fourth-order valence-corrected chi connectivity index (χ4v) is 1.51. The van der Waals surface area contributed by atoms with Crippen LogP contribution in [0.1, 0.15) is 24.5 Å². The third-order valence-electron chi connectivity index (χ3n) is 2.01. The van der Waals surface area contributed by atoms with Gasteiger partial charge in [-0.2, -0.15) is 0 Å². The molecule has 1 aromatic rings. The van der Waals surface area contributed by atoms with Crippen LogP contribution in [0.4, 0.5) is 0 Å². The molecule has 0 radical (unpaired) electrons. The molecule has 0 fully saturated rings. The van der Waals surface area contributed by atoms with Crippen LogP contribution in [-0.2, 0) is 17.6 Å². The minimum absolute atomic E-state index is 0.333. The molecule has 13 heavy (non-hydrogen) atoms. The lowest BCUT2D eigenvalue weighted by Crippen LogP contribution is -2.01. The van der Waals surface area contributed by atoms with E-state index in [2.05, 4.69) is 30.0 Å². The van der Waals surface area contributed by atoms with Crippen LogP contribution in [0, 0.1) is 0 Å². The highest BCUT2D eigenvalue weighted by Crippen LogP contribution is 2.20. The highest BCUT2D eigenvalue weighted by molar-refractivity contribution is 5.70. The van der Waals surface area contributed by atoms with Gasteiger partial charge in [-0.3, -0.25) is 4.79 Å². The Kier molecular flexibility index (Phi) is 3.50. The number of aryl methyl sites for hydroxylation is 2. The second-order valence-electron chi connectivity index (χ2n) is 3.23. The first-order valence-corrected chi connectivity index (χ1v) is 4.53. The Hall–Kier alpha value is -1.31. The fourth-order valence-electron chi connectivity index (χ4n) is 1.51. The van der Waals surface area contributed by atoms with Gasteiger partial charge in [0.15, 0.2) is 0 Å². The Morgan fingerprint density at radius 3 is 2.00 bits per heavy atom. The van der Waals surface area contributed by atoms with Gasteiger partial charge in [-0.15, -0.1) is 0 Å².